The molecule has 1 aromatic rings. The van der Waals surface area contributed by atoms with Crippen LogP contribution in [-0.4, -0.2) is 12.2 Å². The van der Waals surface area contributed by atoms with Crippen LogP contribution >= 0.6 is 0 Å². The van der Waals surface area contributed by atoms with Gasteiger partial charge in [-0.05, 0) is 62.4 Å². The van der Waals surface area contributed by atoms with E-state index in [1.165, 1.54) is 36.0 Å². The van der Waals surface area contributed by atoms with Crippen LogP contribution in [0.1, 0.15) is 35.1 Å². The number of hydrogen-bond acceptors (Lipinski definition) is 2. The third-order valence-corrected chi connectivity index (χ3v) is 3.39. The normalized spacial score (nSPS) is 15.1. The van der Waals surface area contributed by atoms with Crippen LogP contribution in [-0.2, 0) is 19.4 Å². The highest BCUT2D eigenvalue weighted by Crippen LogP contribution is 2.32. The lowest BCUT2D eigenvalue weighted by molar-refractivity contribution is 0.463. The van der Waals surface area contributed by atoms with E-state index in [0.717, 1.165) is 18.5 Å². The predicted octanol–water partition coefficient (Wildman–Crippen LogP) is 2.30. The second-order valence-electron chi connectivity index (χ2n) is 4.37. The van der Waals surface area contributed by atoms with E-state index in [9.17, 15) is 5.11 Å². The Morgan fingerprint density at radius 2 is 2.07 bits per heavy atom. The minimum atomic E-state index is 0.461. The fourth-order valence-corrected chi connectivity index (χ4v) is 2.54. The van der Waals surface area contributed by atoms with Crippen molar-refractivity contribution < 1.29 is 5.11 Å². The molecule has 0 heterocycles. The van der Waals surface area contributed by atoms with E-state index in [1.54, 1.807) is 0 Å². The van der Waals surface area contributed by atoms with Gasteiger partial charge in [0.1, 0.15) is 5.75 Å². The van der Waals surface area contributed by atoms with Gasteiger partial charge < -0.3 is 10.4 Å². The van der Waals surface area contributed by atoms with Gasteiger partial charge in [0.15, 0.2) is 0 Å². The van der Waals surface area contributed by atoms with E-state index in [2.05, 4.69) is 12.2 Å². The average Bonchev–Trinajstić information content (AvgIpc) is 2.24. The molecule has 0 amide bonds. The number of benzene rings is 1. The number of phenols is 1. The molecule has 2 rings (SSSR count). The molecule has 0 fully saturated rings. The maximum atomic E-state index is 9.94. The van der Waals surface area contributed by atoms with Crippen molar-refractivity contribution in [3.63, 3.8) is 0 Å². The molecule has 1 aliphatic carbocycles. The SMILES string of the molecule is CNCc1c(O)cc2c(c1C)CCCC2. The smallest absolute Gasteiger partial charge is 0.120 e. The molecule has 2 N–H and O–H groups in total. The van der Waals surface area contributed by atoms with E-state index >= 15 is 0 Å². The molecule has 2 nitrogen and oxygen atoms in total. The summed E-state index contributed by atoms with van der Waals surface area (Å²) in [6.45, 7) is 2.89. The van der Waals surface area contributed by atoms with Gasteiger partial charge in [0.2, 0.25) is 0 Å². The zero-order valence-electron chi connectivity index (χ0n) is 9.56. The van der Waals surface area contributed by atoms with Crippen molar-refractivity contribution in [2.24, 2.45) is 0 Å². The van der Waals surface area contributed by atoms with E-state index < -0.39 is 0 Å². The minimum Gasteiger partial charge on any atom is -0.508 e. The fraction of sp³-hybridized carbons (Fsp3) is 0.538. The minimum absolute atomic E-state index is 0.461. The molecule has 0 bridgehead atoms. The lowest BCUT2D eigenvalue weighted by atomic mass is 9.86. The first-order valence-corrected chi connectivity index (χ1v) is 5.72. The lowest BCUT2D eigenvalue weighted by Gasteiger charge is -2.21. The number of rotatable bonds is 2. The highest BCUT2D eigenvalue weighted by molar-refractivity contribution is 5.49. The lowest BCUT2D eigenvalue weighted by Crippen LogP contribution is -2.12. The van der Waals surface area contributed by atoms with Crippen LogP contribution < -0.4 is 5.32 Å². The first-order valence-electron chi connectivity index (χ1n) is 5.72. The summed E-state index contributed by atoms with van der Waals surface area (Å²) in [5.41, 5.74) is 5.19. The Balaban J connectivity index is 2.49. The van der Waals surface area contributed by atoms with Crippen molar-refractivity contribution >= 4 is 0 Å². The second kappa shape index (κ2) is 4.23. The number of aryl methyl sites for hydroxylation is 1. The summed E-state index contributed by atoms with van der Waals surface area (Å²) in [7, 11) is 1.92. The van der Waals surface area contributed by atoms with Crippen molar-refractivity contribution in [1.82, 2.24) is 5.32 Å². The summed E-state index contributed by atoms with van der Waals surface area (Å²) < 4.78 is 0. The molecular weight excluding hydrogens is 186 g/mol. The van der Waals surface area contributed by atoms with Gasteiger partial charge in [-0.25, -0.2) is 0 Å². The Labute approximate surface area is 91.3 Å². The Morgan fingerprint density at radius 3 is 2.80 bits per heavy atom. The van der Waals surface area contributed by atoms with E-state index in [4.69, 9.17) is 0 Å². The number of hydrogen-bond donors (Lipinski definition) is 2. The molecule has 0 spiro atoms. The van der Waals surface area contributed by atoms with Gasteiger partial charge >= 0.3 is 0 Å². The highest BCUT2D eigenvalue weighted by Gasteiger charge is 2.16. The summed E-state index contributed by atoms with van der Waals surface area (Å²) in [5, 5.41) is 13.1. The van der Waals surface area contributed by atoms with Crippen molar-refractivity contribution in [1.29, 1.82) is 0 Å². The van der Waals surface area contributed by atoms with Gasteiger partial charge in [-0.2, -0.15) is 0 Å². The van der Waals surface area contributed by atoms with Gasteiger partial charge in [-0.1, -0.05) is 0 Å². The number of phenolic OH excluding ortho intramolecular Hbond substituents is 1. The third kappa shape index (κ3) is 1.86. The molecule has 1 aromatic carbocycles. The molecular formula is C13H19NO. The standard InChI is InChI=1S/C13H19NO/c1-9-11-6-4-3-5-10(11)7-13(15)12(9)8-14-2/h7,14-15H,3-6,8H2,1-2H3. The maximum Gasteiger partial charge on any atom is 0.120 e. The van der Waals surface area contributed by atoms with E-state index in [0.29, 0.717) is 5.75 Å². The van der Waals surface area contributed by atoms with E-state index in [-0.39, 0.29) is 0 Å². The Hall–Kier alpha value is -1.02. The van der Waals surface area contributed by atoms with Gasteiger partial charge in [-0.3, -0.25) is 0 Å². The second-order valence-corrected chi connectivity index (χ2v) is 4.37. The monoisotopic (exact) mass is 205 g/mol. The molecule has 0 saturated carbocycles. The molecule has 2 heteroatoms. The summed E-state index contributed by atoms with van der Waals surface area (Å²) in [5.74, 6) is 0.461. The molecule has 1 aliphatic rings. The molecule has 0 aromatic heterocycles. The summed E-state index contributed by atoms with van der Waals surface area (Å²) in [4.78, 5) is 0. The number of aromatic hydroxyl groups is 1. The van der Waals surface area contributed by atoms with Crippen LogP contribution in [0.25, 0.3) is 0 Å². The molecule has 0 atom stereocenters. The Kier molecular flexibility index (Phi) is 2.96. The van der Waals surface area contributed by atoms with Gasteiger partial charge in [0.05, 0.1) is 0 Å². The van der Waals surface area contributed by atoms with Crippen LogP contribution in [0.15, 0.2) is 6.07 Å². The highest BCUT2D eigenvalue weighted by atomic mass is 16.3. The summed E-state index contributed by atoms with van der Waals surface area (Å²) in [6, 6.07) is 1.97. The van der Waals surface area contributed by atoms with Crippen LogP contribution in [0.4, 0.5) is 0 Å². The van der Waals surface area contributed by atoms with Crippen molar-refractivity contribution in [2.45, 2.75) is 39.2 Å². The largest absolute Gasteiger partial charge is 0.508 e. The van der Waals surface area contributed by atoms with Crippen molar-refractivity contribution in [2.75, 3.05) is 7.05 Å². The molecule has 0 radical (unpaired) electrons. The predicted molar refractivity (Wildman–Crippen MR) is 62.2 cm³/mol. The molecule has 15 heavy (non-hydrogen) atoms. The number of nitrogens with one attached hydrogen (secondary N) is 1. The molecule has 0 unspecified atom stereocenters. The fourth-order valence-electron chi connectivity index (χ4n) is 2.54. The molecule has 82 valence electrons. The number of fused-ring (bicyclic) bond motifs is 1. The van der Waals surface area contributed by atoms with Crippen LogP contribution in [0, 0.1) is 6.92 Å². The maximum absolute atomic E-state index is 9.94. The topological polar surface area (TPSA) is 32.3 Å². The first-order chi connectivity index (χ1) is 7.24. The van der Waals surface area contributed by atoms with Crippen LogP contribution in [0.2, 0.25) is 0 Å². The quantitative estimate of drug-likeness (QED) is 0.776. The van der Waals surface area contributed by atoms with Gasteiger partial charge in [0, 0.05) is 12.1 Å². The van der Waals surface area contributed by atoms with Gasteiger partial charge in [-0.15, -0.1) is 0 Å². The summed E-state index contributed by atoms with van der Waals surface area (Å²) >= 11 is 0. The Bertz CT molecular complexity index is 371. The van der Waals surface area contributed by atoms with Gasteiger partial charge in [0.25, 0.3) is 0 Å². The van der Waals surface area contributed by atoms with E-state index in [1.807, 2.05) is 13.1 Å². The molecule has 0 aliphatic heterocycles. The Morgan fingerprint density at radius 1 is 1.33 bits per heavy atom. The van der Waals surface area contributed by atoms with Crippen molar-refractivity contribution in [3.05, 3.63) is 28.3 Å². The summed E-state index contributed by atoms with van der Waals surface area (Å²) in [6.07, 6.45) is 4.86. The zero-order valence-corrected chi connectivity index (χ0v) is 9.56. The average molecular weight is 205 g/mol. The first kappa shape index (κ1) is 10.5. The third-order valence-electron chi connectivity index (χ3n) is 3.39. The van der Waals surface area contributed by atoms with Crippen LogP contribution in [0.5, 0.6) is 5.75 Å². The zero-order chi connectivity index (χ0) is 10.8. The molecule has 0 saturated heterocycles. The van der Waals surface area contributed by atoms with Crippen LogP contribution in [0.3, 0.4) is 0 Å². The van der Waals surface area contributed by atoms with Crippen molar-refractivity contribution in [3.8, 4) is 5.75 Å².